The van der Waals surface area contributed by atoms with Crippen molar-refractivity contribution >= 4 is 34.6 Å². The Morgan fingerprint density at radius 1 is 1.60 bits per heavy atom. The van der Waals surface area contributed by atoms with Gasteiger partial charge in [0.25, 0.3) is 12.1 Å². The van der Waals surface area contributed by atoms with Gasteiger partial charge >= 0.3 is 0 Å². The van der Waals surface area contributed by atoms with Crippen LogP contribution in [0.4, 0.5) is 14.5 Å². The van der Waals surface area contributed by atoms with Gasteiger partial charge in [0, 0.05) is 6.07 Å². The summed E-state index contributed by atoms with van der Waals surface area (Å²) in [7, 11) is 0. The molecule has 5 nitrogen and oxygen atoms in total. The third-order valence-electron chi connectivity index (χ3n) is 1.55. The van der Waals surface area contributed by atoms with E-state index in [-0.39, 0.29) is 15.7 Å². The summed E-state index contributed by atoms with van der Waals surface area (Å²) in [6.07, 6.45) is -2.73. The number of hydrogen-bond acceptors (Lipinski definition) is 4. The van der Waals surface area contributed by atoms with Crippen molar-refractivity contribution < 1.29 is 18.5 Å². The maximum Gasteiger partial charge on any atom is 0.283 e. The Hall–Kier alpha value is -1.19. The van der Waals surface area contributed by atoms with E-state index in [0.29, 0.717) is 0 Å². The van der Waals surface area contributed by atoms with E-state index >= 15 is 0 Å². The van der Waals surface area contributed by atoms with E-state index in [4.69, 9.17) is 0 Å². The molecule has 0 bridgehead atoms. The first-order valence-electron chi connectivity index (χ1n) is 3.55. The van der Waals surface area contributed by atoms with E-state index in [1.165, 1.54) is 22.6 Å². The summed E-state index contributed by atoms with van der Waals surface area (Å²) in [5.41, 5.74) is -1.78. The predicted molar refractivity (Wildman–Crippen MR) is 54.0 cm³/mol. The second-order valence-electron chi connectivity index (χ2n) is 2.45. The van der Waals surface area contributed by atoms with Gasteiger partial charge < -0.3 is 0 Å². The maximum absolute atomic E-state index is 12.4. The third-order valence-corrected chi connectivity index (χ3v) is 2.37. The number of alkyl halides is 2. The van der Waals surface area contributed by atoms with E-state index in [1.54, 1.807) is 0 Å². The average Bonchev–Trinajstić information content (AvgIpc) is 2.15. The highest BCUT2D eigenvalue weighted by Crippen LogP contribution is 2.32. The zero-order valence-electron chi connectivity index (χ0n) is 6.99. The Kier molecular flexibility index (Phi) is 3.61. The predicted octanol–water partition coefficient (Wildman–Crippen LogP) is 2.34. The molecule has 0 atom stereocenters. The smallest absolute Gasteiger partial charge is 0.283 e. The second kappa shape index (κ2) is 4.55. The lowest BCUT2D eigenvalue weighted by molar-refractivity contribution is -0.386. The van der Waals surface area contributed by atoms with Crippen molar-refractivity contribution in [1.29, 1.82) is 0 Å². The van der Waals surface area contributed by atoms with Gasteiger partial charge in [-0.05, 0) is 22.6 Å². The summed E-state index contributed by atoms with van der Waals surface area (Å²) in [5.74, 6) is 0. The Morgan fingerprint density at radius 2 is 2.20 bits per heavy atom. The Bertz CT molecular complexity index is 425. The lowest BCUT2D eigenvalue weighted by Crippen LogP contribution is -2.03. The lowest BCUT2D eigenvalue weighted by Gasteiger charge is -2.04. The summed E-state index contributed by atoms with van der Waals surface area (Å²) in [6, 6.07) is 0.733. The quantitative estimate of drug-likeness (QED) is 0.281. The topological polar surface area (TPSA) is 73.1 Å². The molecule has 1 rings (SSSR count). The van der Waals surface area contributed by atoms with E-state index in [1.807, 2.05) is 0 Å². The Labute approximate surface area is 95.8 Å². The largest absolute Gasteiger partial charge is 0.296 e. The molecule has 0 amide bonds. The number of carbonyl (C=O) groups excluding carboxylic acids is 1. The maximum atomic E-state index is 12.4. The molecule has 1 aromatic heterocycles. The van der Waals surface area contributed by atoms with Crippen LogP contribution in [0.5, 0.6) is 0 Å². The van der Waals surface area contributed by atoms with Crippen LogP contribution in [0, 0.1) is 13.8 Å². The molecule has 1 heterocycles. The molecule has 1 aromatic rings. The molecule has 0 aromatic carbocycles. The number of pyridine rings is 1. The highest BCUT2D eigenvalue weighted by atomic mass is 127. The number of aromatic nitrogens is 1. The minimum Gasteiger partial charge on any atom is -0.296 e. The fraction of sp³-hybridized carbons (Fsp3) is 0.143. The monoisotopic (exact) mass is 328 g/mol. The summed E-state index contributed by atoms with van der Waals surface area (Å²) in [6.45, 7) is 0. The van der Waals surface area contributed by atoms with Gasteiger partial charge in [0.2, 0.25) is 0 Å². The highest BCUT2D eigenvalue weighted by molar-refractivity contribution is 14.1. The van der Waals surface area contributed by atoms with Gasteiger partial charge in [-0.15, -0.1) is 0 Å². The van der Waals surface area contributed by atoms with Crippen LogP contribution in [0.25, 0.3) is 0 Å². The van der Waals surface area contributed by atoms with Crippen LogP contribution in [-0.4, -0.2) is 16.2 Å². The molecule has 0 radical (unpaired) electrons. The molecule has 0 fully saturated rings. The van der Waals surface area contributed by atoms with Crippen molar-refractivity contribution in [3.8, 4) is 0 Å². The first-order chi connectivity index (χ1) is 6.97. The van der Waals surface area contributed by atoms with Crippen LogP contribution in [0.1, 0.15) is 22.5 Å². The van der Waals surface area contributed by atoms with Gasteiger partial charge in [-0.1, -0.05) is 0 Å². The first-order valence-corrected chi connectivity index (χ1v) is 4.63. The first kappa shape index (κ1) is 11.9. The number of nitro groups is 1. The average molecular weight is 328 g/mol. The fourth-order valence-corrected chi connectivity index (χ4v) is 1.73. The summed E-state index contributed by atoms with van der Waals surface area (Å²) in [4.78, 5) is 23.3. The molecule has 15 heavy (non-hydrogen) atoms. The van der Waals surface area contributed by atoms with E-state index in [2.05, 4.69) is 4.98 Å². The van der Waals surface area contributed by atoms with Gasteiger partial charge in [0.05, 0.1) is 4.92 Å². The molecule has 0 saturated carbocycles. The zero-order valence-corrected chi connectivity index (χ0v) is 9.14. The van der Waals surface area contributed by atoms with Crippen LogP contribution < -0.4 is 0 Å². The van der Waals surface area contributed by atoms with Crippen LogP contribution in [-0.2, 0) is 0 Å². The third kappa shape index (κ3) is 2.43. The molecule has 0 spiro atoms. The minimum atomic E-state index is -2.99. The van der Waals surface area contributed by atoms with Crippen molar-refractivity contribution in [2.24, 2.45) is 0 Å². The number of halogens is 3. The summed E-state index contributed by atoms with van der Waals surface area (Å²) < 4.78 is 24.7. The fourth-order valence-electron chi connectivity index (χ4n) is 0.943. The van der Waals surface area contributed by atoms with Crippen molar-refractivity contribution in [1.82, 2.24) is 4.98 Å². The molecule has 0 saturated heterocycles. The molecule has 80 valence electrons. The van der Waals surface area contributed by atoms with Crippen LogP contribution in [0.15, 0.2) is 6.07 Å². The standard InChI is InChI=1S/C7H3F2IN2O3/c8-6(9)5-4(12(14)15)1-3(2-13)11-7(5)10/h1-2,6H. The second-order valence-corrected chi connectivity index (χ2v) is 3.47. The SMILES string of the molecule is O=Cc1cc([N+](=O)[O-])c(C(F)F)c(I)n1. The molecule has 0 N–H and O–H groups in total. The Morgan fingerprint density at radius 3 is 2.60 bits per heavy atom. The van der Waals surface area contributed by atoms with Crippen molar-refractivity contribution in [2.45, 2.75) is 6.43 Å². The van der Waals surface area contributed by atoms with Crippen molar-refractivity contribution in [3.63, 3.8) is 0 Å². The van der Waals surface area contributed by atoms with Crippen molar-refractivity contribution in [3.05, 3.63) is 31.1 Å². The van der Waals surface area contributed by atoms with Gasteiger partial charge in [0.15, 0.2) is 6.29 Å². The van der Waals surface area contributed by atoms with Crippen LogP contribution in [0.2, 0.25) is 0 Å². The van der Waals surface area contributed by atoms with Gasteiger partial charge in [-0.3, -0.25) is 14.9 Å². The van der Waals surface area contributed by atoms with E-state index in [9.17, 15) is 23.7 Å². The van der Waals surface area contributed by atoms with Crippen LogP contribution >= 0.6 is 22.6 Å². The molecular formula is C7H3F2IN2O3. The number of nitrogens with zero attached hydrogens (tertiary/aromatic N) is 2. The van der Waals surface area contributed by atoms with E-state index < -0.39 is 22.6 Å². The normalized spacial score (nSPS) is 10.4. The van der Waals surface area contributed by atoms with E-state index in [0.717, 1.165) is 6.07 Å². The number of carbonyl (C=O) groups is 1. The highest BCUT2D eigenvalue weighted by Gasteiger charge is 2.26. The van der Waals surface area contributed by atoms with Gasteiger partial charge in [-0.2, -0.15) is 0 Å². The van der Waals surface area contributed by atoms with Gasteiger partial charge in [-0.25, -0.2) is 13.8 Å². The van der Waals surface area contributed by atoms with Crippen LogP contribution in [0.3, 0.4) is 0 Å². The molecule has 8 heteroatoms. The molecule has 0 aliphatic rings. The lowest BCUT2D eigenvalue weighted by atomic mass is 10.2. The van der Waals surface area contributed by atoms with Crippen molar-refractivity contribution in [2.75, 3.05) is 0 Å². The summed E-state index contributed by atoms with van der Waals surface area (Å²) in [5, 5.41) is 10.5. The number of aldehydes is 1. The summed E-state index contributed by atoms with van der Waals surface area (Å²) >= 11 is 1.43. The number of rotatable bonds is 3. The van der Waals surface area contributed by atoms with Gasteiger partial charge in [0.1, 0.15) is 15.0 Å². The minimum absolute atomic E-state index is 0.237. The Balaban J connectivity index is 3.49. The molecule has 0 unspecified atom stereocenters. The zero-order chi connectivity index (χ0) is 11.6. The molecular weight excluding hydrogens is 325 g/mol. The molecule has 0 aliphatic heterocycles. The molecule has 0 aliphatic carbocycles. The number of hydrogen-bond donors (Lipinski definition) is 0.